The number of benzene rings is 2. The first kappa shape index (κ1) is 17.6. The quantitative estimate of drug-likeness (QED) is 0.443. The molecule has 3 aliphatic rings. The summed E-state index contributed by atoms with van der Waals surface area (Å²) in [5.74, 6) is 0.926. The van der Waals surface area contributed by atoms with Gasteiger partial charge < -0.3 is 9.80 Å². The van der Waals surface area contributed by atoms with Gasteiger partial charge in [-0.1, -0.05) is 48.6 Å². The number of aromatic nitrogens is 1. The van der Waals surface area contributed by atoms with Crippen LogP contribution in [0.25, 0.3) is 0 Å². The molecule has 2 aromatic carbocycles. The lowest BCUT2D eigenvalue weighted by Gasteiger charge is -2.37. The fraction of sp³-hybridized carbons (Fsp3) is 0.208. The molecule has 0 spiro atoms. The average Bonchev–Trinajstić information content (AvgIpc) is 3.28. The van der Waals surface area contributed by atoms with Crippen LogP contribution in [0.1, 0.15) is 22.6 Å². The maximum Gasteiger partial charge on any atom is 0.417 e. The number of nitrogens with zero attached hydrogens (tertiary/aromatic N) is 3. The summed E-state index contributed by atoms with van der Waals surface area (Å²) in [6, 6.07) is 17.1. The Balaban J connectivity index is 1.64. The van der Waals surface area contributed by atoms with Crippen molar-refractivity contribution in [1.82, 2.24) is 4.98 Å². The largest absolute Gasteiger partial charge is 0.417 e. The first-order chi connectivity index (χ1) is 14.4. The molecular weight excluding hydrogens is 387 g/mol. The molecule has 0 saturated heterocycles. The van der Waals surface area contributed by atoms with Gasteiger partial charge in [-0.2, -0.15) is 13.2 Å². The zero-order valence-electron chi connectivity index (χ0n) is 16.2. The minimum absolute atomic E-state index is 0.142. The number of anilines is 4. The van der Waals surface area contributed by atoms with Crippen molar-refractivity contribution in [3.05, 3.63) is 89.6 Å². The molecule has 0 N–H and O–H groups in total. The molecule has 0 bridgehead atoms. The number of para-hydroxylation sites is 2. The van der Waals surface area contributed by atoms with Crippen LogP contribution in [0.3, 0.4) is 0 Å². The number of hydrogen-bond donors (Lipinski definition) is 0. The van der Waals surface area contributed by atoms with E-state index in [0.29, 0.717) is 11.5 Å². The highest BCUT2D eigenvalue weighted by molar-refractivity contribution is 5.90. The third-order valence-corrected chi connectivity index (χ3v) is 6.50. The zero-order chi connectivity index (χ0) is 20.8. The van der Waals surface area contributed by atoms with Gasteiger partial charge in [-0.15, -0.1) is 0 Å². The van der Waals surface area contributed by atoms with Crippen LogP contribution in [0, 0.1) is 12.8 Å². The van der Waals surface area contributed by atoms with Gasteiger partial charge in [0.1, 0.15) is 6.17 Å². The monoisotopic (exact) mass is 405 g/mol. The zero-order valence-corrected chi connectivity index (χ0v) is 16.2. The lowest BCUT2D eigenvalue weighted by molar-refractivity contribution is -0.137. The number of aryl methyl sites for hydroxylation is 1. The molecule has 3 heterocycles. The highest BCUT2D eigenvalue weighted by Crippen LogP contribution is 2.67. The molecule has 6 heteroatoms. The maximum atomic E-state index is 13.5. The number of fused-ring (bicyclic) bond motifs is 8. The Morgan fingerprint density at radius 1 is 0.933 bits per heavy atom. The Labute approximate surface area is 172 Å². The van der Waals surface area contributed by atoms with Crippen LogP contribution in [-0.4, -0.2) is 11.1 Å². The van der Waals surface area contributed by atoms with E-state index in [0.717, 1.165) is 28.7 Å². The Kier molecular flexibility index (Phi) is 3.31. The van der Waals surface area contributed by atoms with Gasteiger partial charge in [-0.3, -0.25) is 0 Å². The second-order valence-electron chi connectivity index (χ2n) is 8.14. The van der Waals surface area contributed by atoms with Crippen molar-refractivity contribution in [1.29, 1.82) is 0 Å². The van der Waals surface area contributed by atoms with Crippen molar-refractivity contribution in [3.63, 3.8) is 0 Å². The summed E-state index contributed by atoms with van der Waals surface area (Å²) < 4.78 is 40.6. The average molecular weight is 405 g/mol. The molecule has 150 valence electrons. The van der Waals surface area contributed by atoms with Gasteiger partial charge in [0.05, 0.1) is 11.3 Å². The van der Waals surface area contributed by atoms with E-state index in [1.54, 1.807) is 0 Å². The predicted octanol–water partition coefficient (Wildman–Crippen LogP) is 6.31. The second kappa shape index (κ2) is 5.65. The van der Waals surface area contributed by atoms with E-state index in [2.05, 4.69) is 22.5 Å². The van der Waals surface area contributed by atoms with Gasteiger partial charge in [0, 0.05) is 29.4 Å². The van der Waals surface area contributed by atoms with Gasteiger partial charge in [0.25, 0.3) is 0 Å². The van der Waals surface area contributed by atoms with Gasteiger partial charge in [-0.25, -0.2) is 4.98 Å². The van der Waals surface area contributed by atoms with Crippen LogP contribution >= 0.6 is 0 Å². The van der Waals surface area contributed by atoms with Crippen molar-refractivity contribution in [2.24, 2.45) is 5.92 Å². The predicted molar refractivity (Wildman–Crippen MR) is 110 cm³/mol. The fourth-order valence-corrected chi connectivity index (χ4v) is 5.10. The Bertz CT molecular complexity index is 1220. The topological polar surface area (TPSA) is 19.4 Å². The summed E-state index contributed by atoms with van der Waals surface area (Å²) in [5.41, 5.74) is 4.93. The van der Waals surface area contributed by atoms with E-state index in [1.807, 2.05) is 54.3 Å². The van der Waals surface area contributed by atoms with E-state index in [1.165, 1.54) is 11.6 Å². The molecule has 1 fully saturated rings. The van der Waals surface area contributed by atoms with Crippen LogP contribution in [0.15, 0.2) is 72.9 Å². The molecule has 3 aromatic rings. The van der Waals surface area contributed by atoms with Crippen LogP contribution in [-0.2, 0) is 6.18 Å². The number of hydrogen-bond acceptors (Lipinski definition) is 3. The third-order valence-electron chi connectivity index (χ3n) is 6.50. The van der Waals surface area contributed by atoms with E-state index in [9.17, 15) is 13.2 Å². The van der Waals surface area contributed by atoms with Crippen LogP contribution in [0.4, 0.5) is 36.1 Å². The third kappa shape index (κ3) is 2.19. The molecule has 3 nitrogen and oxygen atoms in total. The normalized spacial score (nSPS) is 23.6. The molecule has 0 radical (unpaired) electrons. The maximum absolute atomic E-state index is 13.5. The number of alkyl halides is 3. The van der Waals surface area contributed by atoms with E-state index in [4.69, 9.17) is 0 Å². The van der Waals surface area contributed by atoms with Crippen molar-refractivity contribution >= 4 is 22.9 Å². The van der Waals surface area contributed by atoms with E-state index in [-0.39, 0.29) is 18.0 Å². The summed E-state index contributed by atoms with van der Waals surface area (Å²) in [6.45, 7) is 6.27. The Morgan fingerprint density at radius 3 is 2.37 bits per heavy atom. The summed E-state index contributed by atoms with van der Waals surface area (Å²) in [5, 5.41) is 0. The smallest absolute Gasteiger partial charge is 0.316 e. The molecule has 1 saturated carbocycles. The van der Waals surface area contributed by atoms with Gasteiger partial charge in [0.2, 0.25) is 0 Å². The van der Waals surface area contributed by atoms with Gasteiger partial charge in [-0.05, 0) is 36.2 Å². The van der Waals surface area contributed by atoms with Gasteiger partial charge in [0.15, 0.2) is 5.82 Å². The first-order valence-electron chi connectivity index (χ1n) is 9.87. The van der Waals surface area contributed by atoms with Gasteiger partial charge >= 0.3 is 6.18 Å². The fourth-order valence-electron chi connectivity index (χ4n) is 5.10. The molecule has 6 rings (SSSR count). The van der Waals surface area contributed by atoms with Crippen molar-refractivity contribution in [2.45, 2.75) is 25.2 Å². The number of rotatable bonds is 1. The molecule has 3 unspecified atom stereocenters. The minimum atomic E-state index is -4.45. The van der Waals surface area contributed by atoms with Crippen LogP contribution in [0.2, 0.25) is 0 Å². The highest BCUT2D eigenvalue weighted by atomic mass is 19.4. The molecule has 3 atom stereocenters. The molecule has 0 amide bonds. The summed E-state index contributed by atoms with van der Waals surface area (Å²) in [4.78, 5) is 8.45. The highest BCUT2D eigenvalue weighted by Gasteiger charge is 2.60. The standard InChI is InChI=1S/C24H18F3N3/c1-13-7-3-5-9-17(13)29-19-11-15(24(25,26)27)12-28-22(19)30-18-10-6-4-8-16(18)20-14(2)21(20)23(29)30/h3-12,20-21,23H,2H2,1H3. The molecule has 2 aliphatic heterocycles. The van der Waals surface area contributed by atoms with Crippen LogP contribution in [0.5, 0.6) is 0 Å². The van der Waals surface area contributed by atoms with Crippen molar-refractivity contribution < 1.29 is 13.2 Å². The van der Waals surface area contributed by atoms with Crippen molar-refractivity contribution in [2.75, 3.05) is 9.80 Å². The van der Waals surface area contributed by atoms with Crippen molar-refractivity contribution in [3.8, 4) is 0 Å². The lowest BCUT2D eigenvalue weighted by Crippen LogP contribution is -2.43. The van der Waals surface area contributed by atoms with E-state index >= 15 is 0 Å². The molecular formula is C24H18F3N3. The minimum Gasteiger partial charge on any atom is -0.316 e. The summed E-state index contributed by atoms with van der Waals surface area (Å²) >= 11 is 0. The number of pyridine rings is 1. The number of halogens is 3. The molecule has 30 heavy (non-hydrogen) atoms. The Hall–Kier alpha value is -3.28. The Morgan fingerprint density at radius 2 is 1.63 bits per heavy atom. The molecule has 1 aliphatic carbocycles. The second-order valence-corrected chi connectivity index (χ2v) is 8.14. The van der Waals surface area contributed by atoms with E-state index < -0.39 is 11.7 Å². The SMILES string of the molecule is C=C1C2c3ccccc3N3c4ncc(C(F)(F)F)cc4N(c4ccccc4C)C3C12. The lowest BCUT2D eigenvalue weighted by atomic mass is 9.99. The summed E-state index contributed by atoms with van der Waals surface area (Å²) in [7, 11) is 0. The first-order valence-corrected chi connectivity index (χ1v) is 9.87. The molecule has 1 aromatic heterocycles. The van der Waals surface area contributed by atoms with Crippen LogP contribution < -0.4 is 9.80 Å². The summed E-state index contributed by atoms with van der Waals surface area (Å²) in [6.07, 6.45) is -3.69.